The van der Waals surface area contributed by atoms with Gasteiger partial charge >= 0.3 is 0 Å². The van der Waals surface area contributed by atoms with Gasteiger partial charge in [0.05, 0.1) is 0 Å². The minimum atomic E-state index is -1.46. The number of aliphatic hydroxyl groups is 2. The maximum absolute atomic E-state index is 8.51. The first-order valence-electron chi connectivity index (χ1n) is 2.58. The smallest absolute Gasteiger partial charge is 0.197 e. The van der Waals surface area contributed by atoms with Crippen LogP contribution in [0.15, 0.2) is 6.07 Å². The molecule has 1 rings (SSSR count). The van der Waals surface area contributed by atoms with E-state index in [4.69, 9.17) is 10.2 Å². The van der Waals surface area contributed by atoms with Crippen molar-refractivity contribution in [3.8, 4) is 0 Å². The molecule has 0 spiro atoms. The van der Waals surface area contributed by atoms with E-state index in [1.54, 1.807) is 13.0 Å². The van der Waals surface area contributed by atoms with Crippen molar-refractivity contribution in [2.45, 2.75) is 13.2 Å². The van der Waals surface area contributed by atoms with Crippen LogP contribution in [0.3, 0.4) is 0 Å². The van der Waals surface area contributed by atoms with E-state index < -0.39 is 6.29 Å². The van der Waals surface area contributed by atoms with Crippen molar-refractivity contribution in [2.75, 3.05) is 0 Å². The Balaban J connectivity index is 2.85. The Bertz CT molecular complexity index is 195. The highest BCUT2D eigenvalue weighted by atomic mass is 16.5. The van der Waals surface area contributed by atoms with Gasteiger partial charge < -0.3 is 10.2 Å². The number of aryl methyl sites for hydroxylation is 1. The molecule has 9 heavy (non-hydrogen) atoms. The second kappa shape index (κ2) is 2.16. The summed E-state index contributed by atoms with van der Waals surface area (Å²) in [6, 6.07) is 1.57. The summed E-state index contributed by atoms with van der Waals surface area (Å²) < 4.78 is 0. The molecule has 0 fully saturated rings. The monoisotopic (exact) mass is 128 g/mol. The zero-order valence-electron chi connectivity index (χ0n) is 5.00. The lowest BCUT2D eigenvalue weighted by molar-refractivity contribution is -0.0458. The van der Waals surface area contributed by atoms with Gasteiger partial charge in [-0.2, -0.15) is 5.10 Å². The van der Waals surface area contributed by atoms with Crippen molar-refractivity contribution in [3.63, 3.8) is 0 Å². The fourth-order valence-electron chi connectivity index (χ4n) is 0.571. The highest BCUT2D eigenvalue weighted by Gasteiger charge is 2.03. The van der Waals surface area contributed by atoms with Crippen molar-refractivity contribution in [1.82, 2.24) is 10.2 Å². The lowest BCUT2D eigenvalue weighted by Gasteiger charge is -1.93. The minimum absolute atomic E-state index is 0.257. The highest BCUT2D eigenvalue weighted by Crippen LogP contribution is 2.05. The lowest BCUT2D eigenvalue weighted by Crippen LogP contribution is -1.93. The van der Waals surface area contributed by atoms with Gasteiger partial charge in [0.15, 0.2) is 6.29 Å². The summed E-state index contributed by atoms with van der Waals surface area (Å²) in [6.45, 7) is 1.79. The van der Waals surface area contributed by atoms with Crippen LogP contribution >= 0.6 is 0 Å². The average Bonchev–Trinajstić information content (AvgIpc) is 2.14. The van der Waals surface area contributed by atoms with Crippen LogP contribution in [0.1, 0.15) is 17.7 Å². The van der Waals surface area contributed by atoms with E-state index in [2.05, 4.69) is 10.2 Å². The van der Waals surface area contributed by atoms with Crippen LogP contribution in [0.5, 0.6) is 0 Å². The number of hydrogen-bond donors (Lipinski definition) is 3. The number of hydrogen-bond acceptors (Lipinski definition) is 3. The Morgan fingerprint density at radius 3 is 2.56 bits per heavy atom. The van der Waals surface area contributed by atoms with Crippen molar-refractivity contribution >= 4 is 0 Å². The van der Waals surface area contributed by atoms with E-state index in [0.29, 0.717) is 0 Å². The molecule has 0 unspecified atom stereocenters. The zero-order chi connectivity index (χ0) is 6.85. The van der Waals surface area contributed by atoms with E-state index >= 15 is 0 Å². The number of H-pyrrole nitrogens is 1. The van der Waals surface area contributed by atoms with Gasteiger partial charge in [0, 0.05) is 5.69 Å². The molecule has 0 atom stereocenters. The van der Waals surface area contributed by atoms with Crippen LogP contribution in [-0.2, 0) is 0 Å². The first-order chi connectivity index (χ1) is 4.20. The number of aromatic nitrogens is 2. The molecule has 0 aliphatic carbocycles. The first-order valence-corrected chi connectivity index (χ1v) is 2.58. The fourth-order valence-corrected chi connectivity index (χ4v) is 0.571. The van der Waals surface area contributed by atoms with Crippen LogP contribution in [0.2, 0.25) is 0 Å². The van der Waals surface area contributed by atoms with Gasteiger partial charge in [0.25, 0.3) is 0 Å². The van der Waals surface area contributed by atoms with Gasteiger partial charge in [0.2, 0.25) is 0 Å². The van der Waals surface area contributed by atoms with Crippen LogP contribution < -0.4 is 0 Å². The van der Waals surface area contributed by atoms with E-state index in [-0.39, 0.29) is 5.69 Å². The van der Waals surface area contributed by atoms with E-state index in [1.165, 1.54) is 0 Å². The quantitative estimate of drug-likeness (QED) is 0.455. The Morgan fingerprint density at radius 1 is 1.67 bits per heavy atom. The molecule has 0 saturated heterocycles. The van der Waals surface area contributed by atoms with Crippen molar-refractivity contribution in [1.29, 1.82) is 0 Å². The molecule has 3 N–H and O–H groups in total. The molecule has 4 heteroatoms. The molecule has 1 aromatic heterocycles. The molecule has 0 aromatic carbocycles. The van der Waals surface area contributed by atoms with Gasteiger partial charge in [-0.3, -0.25) is 5.10 Å². The number of rotatable bonds is 1. The van der Waals surface area contributed by atoms with Crippen LogP contribution in [0.25, 0.3) is 0 Å². The minimum Gasteiger partial charge on any atom is -0.363 e. The summed E-state index contributed by atoms with van der Waals surface area (Å²) in [5.41, 5.74) is 1.07. The van der Waals surface area contributed by atoms with Gasteiger partial charge in [-0.05, 0) is 13.0 Å². The maximum atomic E-state index is 8.51. The summed E-state index contributed by atoms with van der Waals surface area (Å²) in [4.78, 5) is 0. The molecule has 1 aromatic rings. The van der Waals surface area contributed by atoms with E-state index in [1.807, 2.05) is 0 Å². The largest absolute Gasteiger partial charge is 0.363 e. The summed E-state index contributed by atoms with van der Waals surface area (Å²) in [7, 11) is 0. The fraction of sp³-hybridized carbons (Fsp3) is 0.400. The molecule has 1 heterocycles. The standard InChI is InChI=1S/C5H8N2O2/c1-3-2-4(5(8)9)7-6-3/h2,5,8-9H,1H3,(H,6,7). The van der Waals surface area contributed by atoms with Crippen molar-refractivity contribution < 1.29 is 10.2 Å². The van der Waals surface area contributed by atoms with E-state index in [9.17, 15) is 0 Å². The molecular weight excluding hydrogens is 120 g/mol. The normalized spacial score (nSPS) is 10.7. The van der Waals surface area contributed by atoms with Gasteiger partial charge in [0.1, 0.15) is 5.69 Å². The van der Waals surface area contributed by atoms with Gasteiger partial charge in [-0.1, -0.05) is 0 Å². The Kier molecular flexibility index (Phi) is 1.50. The molecule has 0 amide bonds. The third-order valence-corrected chi connectivity index (χ3v) is 0.990. The summed E-state index contributed by atoms with van der Waals surface area (Å²) >= 11 is 0. The van der Waals surface area contributed by atoms with Crippen molar-refractivity contribution in [2.24, 2.45) is 0 Å². The third-order valence-electron chi connectivity index (χ3n) is 0.990. The Morgan fingerprint density at radius 2 is 2.33 bits per heavy atom. The zero-order valence-corrected chi connectivity index (χ0v) is 5.00. The molecule has 4 nitrogen and oxygen atoms in total. The Labute approximate surface area is 52.1 Å². The molecule has 0 radical (unpaired) electrons. The van der Waals surface area contributed by atoms with E-state index in [0.717, 1.165) is 5.69 Å². The molecule has 0 saturated carbocycles. The molecule has 0 aliphatic rings. The average molecular weight is 128 g/mol. The second-order valence-electron chi connectivity index (χ2n) is 1.85. The summed E-state index contributed by atoms with van der Waals surface area (Å²) in [6.07, 6.45) is -1.46. The predicted octanol–water partition coefficient (Wildman–Crippen LogP) is -0.299. The second-order valence-corrected chi connectivity index (χ2v) is 1.85. The number of nitrogens with one attached hydrogen (secondary N) is 1. The summed E-state index contributed by atoms with van der Waals surface area (Å²) in [5.74, 6) is 0. The maximum Gasteiger partial charge on any atom is 0.197 e. The molecule has 0 bridgehead atoms. The van der Waals surface area contributed by atoms with Crippen LogP contribution in [-0.4, -0.2) is 20.4 Å². The van der Waals surface area contributed by atoms with Crippen LogP contribution in [0.4, 0.5) is 0 Å². The molecular formula is C5H8N2O2. The van der Waals surface area contributed by atoms with Gasteiger partial charge in [-0.25, -0.2) is 0 Å². The van der Waals surface area contributed by atoms with Crippen molar-refractivity contribution in [3.05, 3.63) is 17.5 Å². The predicted molar refractivity (Wildman–Crippen MR) is 30.5 cm³/mol. The Hall–Kier alpha value is -0.870. The number of nitrogens with zero attached hydrogens (tertiary/aromatic N) is 1. The van der Waals surface area contributed by atoms with Crippen LogP contribution in [0, 0.1) is 6.92 Å². The third kappa shape index (κ3) is 1.28. The number of aromatic amines is 1. The van der Waals surface area contributed by atoms with Gasteiger partial charge in [-0.15, -0.1) is 0 Å². The topological polar surface area (TPSA) is 69.1 Å². The molecule has 0 aliphatic heterocycles. The number of aliphatic hydroxyl groups excluding tert-OH is 1. The SMILES string of the molecule is Cc1cc(C(O)O)n[nH]1. The summed E-state index contributed by atoms with van der Waals surface area (Å²) in [5, 5.41) is 23.2. The highest BCUT2D eigenvalue weighted by molar-refractivity contribution is 5.06. The first kappa shape index (κ1) is 6.25. The molecule has 50 valence electrons. The lowest BCUT2D eigenvalue weighted by atomic mass is 10.4.